The highest BCUT2D eigenvalue weighted by Gasteiger charge is 2.24. The number of methoxy groups -OCH3 is 2. The first-order valence-electron chi connectivity index (χ1n) is 4.76. The van der Waals surface area contributed by atoms with Gasteiger partial charge in [0.25, 0.3) is 0 Å². The van der Waals surface area contributed by atoms with E-state index in [1.54, 1.807) is 13.2 Å². The smallest absolute Gasteiger partial charge is 0.314 e. The maximum absolute atomic E-state index is 11.5. The molecule has 0 fully saturated rings. The summed E-state index contributed by atoms with van der Waals surface area (Å²) in [6.07, 6.45) is 0. The summed E-state index contributed by atoms with van der Waals surface area (Å²) in [7, 11) is 2.89. The van der Waals surface area contributed by atoms with Crippen LogP contribution in [0.25, 0.3) is 0 Å². The van der Waals surface area contributed by atoms with E-state index in [1.807, 2.05) is 12.1 Å². The van der Waals surface area contributed by atoms with E-state index in [4.69, 9.17) is 15.2 Å². The molecule has 0 bridgehead atoms. The number of halogens is 1. The van der Waals surface area contributed by atoms with Gasteiger partial charge in [-0.25, -0.2) is 0 Å². The van der Waals surface area contributed by atoms with Gasteiger partial charge in [-0.3, -0.25) is 4.79 Å². The highest BCUT2D eigenvalue weighted by molar-refractivity contribution is 9.10. The van der Waals surface area contributed by atoms with E-state index in [2.05, 4.69) is 15.9 Å². The largest absolute Gasteiger partial charge is 0.495 e. The Morgan fingerprint density at radius 2 is 2.19 bits per heavy atom. The third-order valence-electron chi connectivity index (χ3n) is 2.30. The molecular weight excluding hydrogens is 274 g/mol. The van der Waals surface area contributed by atoms with Gasteiger partial charge >= 0.3 is 5.97 Å². The minimum absolute atomic E-state index is 0.180. The number of para-hydroxylation sites is 1. The van der Waals surface area contributed by atoms with Crippen molar-refractivity contribution in [2.24, 2.45) is 5.73 Å². The summed E-state index contributed by atoms with van der Waals surface area (Å²) >= 11 is 3.36. The lowest BCUT2D eigenvalue weighted by molar-refractivity contribution is -0.142. The molecule has 0 aliphatic heterocycles. The molecule has 0 aliphatic rings. The Bertz CT molecular complexity index is 381. The average Bonchev–Trinajstić information content (AvgIpc) is 2.30. The van der Waals surface area contributed by atoms with Crippen molar-refractivity contribution in [2.75, 3.05) is 20.8 Å². The van der Waals surface area contributed by atoms with Crippen LogP contribution in [0, 0.1) is 0 Å². The fraction of sp³-hybridized carbons (Fsp3) is 0.364. The van der Waals surface area contributed by atoms with Gasteiger partial charge in [0.05, 0.1) is 24.6 Å². The van der Waals surface area contributed by atoms with Gasteiger partial charge in [-0.15, -0.1) is 0 Å². The lowest BCUT2D eigenvalue weighted by Gasteiger charge is -2.16. The van der Waals surface area contributed by atoms with Crippen LogP contribution in [0.3, 0.4) is 0 Å². The molecule has 0 heterocycles. The molecule has 0 saturated carbocycles. The minimum Gasteiger partial charge on any atom is -0.495 e. The molecule has 2 N–H and O–H groups in total. The van der Waals surface area contributed by atoms with E-state index >= 15 is 0 Å². The first kappa shape index (κ1) is 13.0. The summed E-state index contributed by atoms with van der Waals surface area (Å²) in [6, 6.07) is 5.47. The second-order valence-corrected chi connectivity index (χ2v) is 4.03. The Labute approximate surface area is 103 Å². The molecule has 16 heavy (non-hydrogen) atoms. The molecule has 0 radical (unpaired) electrons. The van der Waals surface area contributed by atoms with Gasteiger partial charge in [-0.2, -0.15) is 0 Å². The van der Waals surface area contributed by atoms with Crippen LogP contribution >= 0.6 is 15.9 Å². The van der Waals surface area contributed by atoms with Gasteiger partial charge in [0.15, 0.2) is 0 Å². The number of hydrogen-bond acceptors (Lipinski definition) is 4. The number of hydrogen-bond donors (Lipinski definition) is 1. The van der Waals surface area contributed by atoms with E-state index in [1.165, 1.54) is 7.11 Å². The van der Waals surface area contributed by atoms with Crippen LogP contribution in [0.4, 0.5) is 0 Å². The molecule has 0 aliphatic carbocycles. The van der Waals surface area contributed by atoms with Crippen LogP contribution in [0.2, 0.25) is 0 Å². The summed E-state index contributed by atoms with van der Waals surface area (Å²) in [5.41, 5.74) is 6.31. The predicted octanol–water partition coefficient (Wildman–Crippen LogP) is 1.67. The zero-order valence-corrected chi connectivity index (χ0v) is 10.8. The van der Waals surface area contributed by atoms with Crippen molar-refractivity contribution < 1.29 is 14.3 Å². The molecule has 1 rings (SSSR count). The normalized spacial score (nSPS) is 12.0. The number of carbonyl (C=O) groups excluding carboxylic acids is 1. The number of esters is 1. The molecule has 0 saturated heterocycles. The number of ether oxygens (including phenoxy) is 2. The second-order valence-electron chi connectivity index (χ2n) is 3.17. The number of carbonyl (C=O) groups is 1. The summed E-state index contributed by atoms with van der Waals surface area (Å²) in [5, 5.41) is 0. The average molecular weight is 288 g/mol. The van der Waals surface area contributed by atoms with Crippen LogP contribution in [0.5, 0.6) is 5.75 Å². The number of benzene rings is 1. The predicted molar refractivity (Wildman–Crippen MR) is 64.5 cm³/mol. The zero-order valence-electron chi connectivity index (χ0n) is 9.20. The van der Waals surface area contributed by atoms with Gasteiger partial charge < -0.3 is 15.2 Å². The molecule has 1 aromatic carbocycles. The summed E-state index contributed by atoms with van der Waals surface area (Å²) in [5.74, 6) is -0.250. The minimum atomic E-state index is -0.502. The number of nitrogens with two attached hydrogens (primary N) is 1. The Hall–Kier alpha value is -1.07. The molecule has 5 heteroatoms. The van der Waals surface area contributed by atoms with Gasteiger partial charge in [0.1, 0.15) is 5.75 Å². The van der Waals surface area contributed by atoms with Crippen LogP contribution < -0.4 is 10.5 Å². The van der Waals surface area contributed by atoms with Crippen molar-refractivity contribution in [2.45, 2.75) is 5.92 Å². The van der Waals surface area contributed by atoms with Gasteiger partial charge in [-0.1, -0.05) is 12.1 Å². The third-order valence-corrected chi connectivity index (χ3v) is 2.92. The SMILES string of the molecule is COC(=O)C(CN)c1cccc(Br)c1OC. The topological polar surface area (TPSA) is 61.5 Å². The van der Waals surface area contributed by atoms with Crippen LogP contribution in [0.15, 0.2) is 22.7 Å². The van der Waals surface area contributed by atoms with Crippen molar-refractivity contribution in [3.8, 4) is 5.75 Å². The van der Waals surface area contributed by atoms with Crippen molar-refractivity contribution in [1.29, 1.82) is 0 Å². The first-order chi connectivity index (χ1) is 7.65. The quantitative estimate of drug-likeness (QED) is 0.856. The van der Waals surface area contributed by atoms with E-state index in [9.17, 15) is 4.79 Å². The Morgan fingerprint density at radius 3 is 2.69 bits per heavy atom. The van der Waals surface area contributed by atoms with E-state index in [-0.39, 0.29) is 12.5 Å². The summed E-state index contributed by atoms with van der Waals surface area (Å²) in [4.78, 5) is 11.5. The molecule has 1 aromatic rings. The van der Waals surface area contributed by atoms with Crippen LogP contribution in [-0.4, -0.2) is 26.7 Å². The van der Waals surface area contributed by atoms with Crippen LogP contribution in [0.1, 0.15) is 11.5 Å². The number of rotatable bonds is 4. The highest BCUT2D eigenvalue weighted by atomic mass is 79.9. The van der Waals surface area contributed by atoms with E-state index < -0.39 is 5.92 Å². The lowest BCUT2D eigenvalue weighted by Crippen LogP contribution is -2.23. The molecular formula is C11H14BrNO3. The third kappa shape index (κ3) is 2.54. The van der Waals surface area contributed by atoms with Gasteiger partial charge in [0.2, 0.25) is 0 Å². The molecule has 0 amide bonds. The summed E-state index contributed by atoms with van der Waals surface area (Å²) < 4.78 is 10.7. The zero-order chi connectivity index (χ0) is 12.1. The van der Waals surface area contributed by atoms with E-state index in [0.717, 1.165) is 10.0 Å². The Balaban J connectivity index is 3.19. The fourth-order valence-corrected chi connectivity index (χ4v) is 2.05. The van der Waals surface area contributed by atoms with Crippen molar-refractivity contribution in [3.05, 3.63) is 28.2 Å². The van der Waals surface area contributed by atoms with E-state index in [0.29, 0.717) is 5.75 Å². The van der Waals surface area contributed by atoms with Crippen molar-refractivity contribution >= 4 is 21.9 Å². The standard InChI is InChI=1S/C11H14BrNO3/c1-15-10-7(4-3-5-9(10)12)8(6-13)11(14)16-2/h3-5,8H,6,13H2,1-2H3. The summed E-state index contributed by atoms with van der Waals surface area (Å²) in [6.45, 7) is 0.180. The lowest BCUT2D eigenvalue weighted by atomic mass is 9.98. The molecule has 88 valence electrons. The first-order valence-corrected chi connectivity index (χ1v) is 5.55. The second kappa shape index (κ2) is 5.86. The van der Waals surface area contributed by atoms with Crippen LogP contribution in [-0.2, 0) is 9.53 Å². The Morgan fingerprint density at radius 1 is 1.50 bits per heavy atom. The van der Waals surface area contributed by atoms with Crippen molar-refractivity contribution in [3.63, 3.8) is 0 Å². The Kier molecular flexibility index (Phi) is 4.76. The maximum Gasteiger partial charge on any atom is 0.314 e. The molecule has 1 unspecified atom stereocenters. The van der Waals surface area contributed by atoms with Crippen molar-refractivity contribution in [1.82, 2.24) is 0 Å². The molecule has 4 nitrogen and oxygen atoms in total. The molecule has 1 atom stereocenters. The fourth-order valence-electron chi connectivity index (χ4n) is 1.51. The molecule has 0 spiro atoms. The monoisotopic (exact) mass is 287 g/mol. The van der Waals surface area contributed by atoms with Gasteiger partial charge in [0, 0.05) is 12.1 Å². The molecule has 0 aromatic heterocycles. The van der Waals surface area contributed by atoms with Gasteiger partial charge in [-0.05, 0) is 22.0 Å². The highest BCUT2D eigenvalue weighted by Crippen LogP contribution is 2.33. The maximum atomic E-state index is 11.5.